The van der Waals surface area contributed by atoms with Crippen molar-refractivity contribution in [1.82, 2.24) is 10.2 Å². The van der Waals surface area contributed by atoms with Crippen molar-refractivity contribution in [3.63, 3.8) is 0 Å². The first-order valence-electron chi connectivity index (χ1n) is 7.94. The molecule has 0 radical (unpaired) electrons. The number of nitrogens with one attached hydrogen (secondary N) is 1. The molecule has 4 nitrogen and oxygen atoms in total. The standard InChI is InChI=1S/C17H23ClN2O2/c18-15-9-7-14(8-10-15)4-1-5-16(21)19-11-3-13-20-12-2-6-17(20)22/h7-10H,1-6,11-13H2,(H,19,21). The van der Waals surface area contributed by atoms with Crippen LogP contribution in [0, 0.1) is 0 Å². The average molecular weight is 323 g/mol. The van der Waals surface area contributed by atoms with Gasteiger partial charge in [0.1, 0.15) is 0 Å². The lowest BCUT2D eigenvalue weighted by Gasteiger charge is -2.15. The van der Waals surface area contributed by atoms with Crippen LogP contribution in [0.25, 0.3) is 0 Å². The van der Waals surface area contributed by atoms with Crippen molar-refractivity contribution in [3.05, 3.63) is 34.9 Å². The van der Waals surface area contributed by atoms with E-state index in [1.54, 1.807) is 0 Å². The van der Waals surface area contributed by atoms with Crippen LogP contribution in [0.15, 0.2) is 24.3 Å². The Balaban J connectivity index is 1.52. The Labute approximate surface area is 136 Å². The molecule has 1 aromatic rings. The van der Waals surface area contributed by atoms with Gasteiger partial charge in [0.25, 0.3) is 0 Å². The molecular formula is C17H23ClN2O2. The Bertz CT molecular complexity index is 502. The van der Waals surface area contributed by atoms with E-state index in [1.165, 1.54) is 5.56 Å². The summed E-state index contributed by atoms with van der Waals surface area (Å²) >= 11 is 5.83. The van der Waals surface area contributed by atoms with Crippen LogP contribution in [0.5, 0.6) is 0 Å². The topological polar surface area (TPSA) is 49.4 Å². The van der Waals surface area contributed by atoms with E-state index >= 15 is 0 Å². The molecule has 2 amide bonds. The van der Waals surface area contributed by atoms with Gasteiger partial charge in [-0.25, -0.2) is 0 Å². The average Bonchev–Trinajstić information content (AvgIpc) is 2.91. The first-order valence-corrected chi connectivity index (χ1v) is 8.32. The minimum atomic E-state index is 0.0849. The molecular weight excluding hydrogens is 300 g/mol. The fraction of sp³-hybridized carbons (Fsp3) is 0.529. The number of hydrogen-bond donors (Lipinski definition) is 1. The zero-order chi connectivity index (χ0) is 15.8. The zero-order valence-corrected chi connectivity index (χ0v) is 13.6. The predicted octanol–water partition coefficient (Wildman–Crippen LogP) is 2.79. The monoisotopic (exact) mass is 322 g/mol. The molecule has 1 aromatic carbocycles. The Morgan fingerprint density at radius 1 is 1.23 bits per heavy atom. The van der Waals surface area contributed by atoms with E-state index in [0.717, 1.165) is 43.8 Å². The fourth-order valence-corrected chi connectivity index (χ4v) is 2.76. The molecule has 0 unspecified atom stereocenters. The van der Waals surface area contributed by atoms with Gasteiger partial charge < -0.3 is 10.2 Å². The molecule has 1 aliphatic heterocycles. The molecule has 22 heavy (non-hydrogen) atoms. The van der Waals surface area contributed by atoms with E-state index < -0.39 is 0 Å². The summed E-state index contributed by atoms with van der Waals surface area (Å²) in [6.45, 7) is 2.27. The molecule has 0 bridgehead atoms. The highest BCUT2D eigenvalue weighted by Crippen LogP contribution is 2.12. The minimum absolute atomic E-state index is 0.0849. The summed E-state index contributed by atoms with van der Waals surface area (Å²) in [6.07, 6.45) is 4.72. The van der Waals surface area contributed by atoms with Crippen LogP contribution in [0.3, 0.4) is 0 Å². The minimum Gasteiger partial charge on any atom is -0.356 e. The molecule has 1 heterocycles. The lowest BCUT2D eigenvalue weighted by atomic mass is 10.1. The summed E-state index contributed by atoms with van der Waals surface area (Å²) in [4.78, 5) is 25.0. The van der Waals surface area contributed by atoms with Gasteiger partial charge in [-0.2, -0.15) is 0 Å². The zero-order valence-electron chi connectivity index (χ0n) is 12.8. The van der Waals surface area contributed by atoms with Crippen LogP contribution in [0.1, 0.15) is 37.7 Å². The van der Waals surface area contributed by atoms with Gasteiger partial charge in [0, 0.05) is 37.5 Å². The van der Waals surface area contributed by atoms with E-state index in [4.69, 9.17) is 11.6 Å². The van der Waals surface area contributed by atoms with Gasteiger partial charge in [-0.3, -0.25) is 9.59 Å². The van der Waals surface area contributed by atoms with Gasteiger partial charge in [0.05, 0.1) is 0 Å². The molecule has 0 aromatic heterocycles. The van der Waals surface area contributed by atoms with Crippen LogP contribution in [-0.4, -0.2) is 36.3 Å². The molecule has 120 valence electrons. The van der Waals surface area contributed by atoms with Crippen molar-refractivity contribution >= 4 is 23.4 Å². The van der Waals surface area contributed by atoms with E-state index in [-0.39, 0.29) is 11.8 Å². The molecule has 0 saturated carbocycles. The summed E-state index contributed by atoms with van der Waals surface area (Å²) in [7, 11) is 0. The SMILES string of the molecule is O=C(CCCc1ccc(Cl)cc1)NCCCN1CCCC1=O. The van der Waals surface area contributed by atoms with Crippen LogP contribution in [-0.2, 0) is 16.0 Å². The first kappa shape index (κ1) is 16.8. The van der Waals surface area contributed by atoms with Gasteiger partial charge in [-0.1, -0.05) is 23.7 Å². The van der Waals surface area contributed by atoms with E-state index in [2.05, 4.69) is 5.32 Å². The molecule has 5 heteroatoms. The third kappa shape index (κ3) is 5.68. The summed E-state index contributed by atoms with van der Waals surface area (Å²) in [5.41, 5.74) is 1.20. The second-order valence-electron chi connectivity index (χ2n) is 5.67. The van der Waals surface area contributed by atoms with Crippen molar-refractivity contribution < 1.29 is 9.59 Å². The van der Waals surface area contributed by atoms with Gasteiger partial charge in [-0.15, -0.1) is 0 Å². The summed E-state index contributed by atoms with van der Waals surface area (Å²) in [6, 6.07) is 7.73. The normalized spacial score (nSPS) is 14.4. The number of nitrogens with zero attached hydrogens (tertiary/aromatic N) is 1. The Morgan fingerprint density at radius 3 is 2.68 bits per heavy atom. The molecule has 1 saturated heterocycles. The third-order valence-corrected chi connectivity index (χ3v) is 4.13. The quantitative estimate of drug-likeness (QED) is 0.748. The highest BCUT2D eigenvalue weighted by molar-refractivity contribution is 6.30. The lowest BCUT2D eigenvalue weighted by molar-refractivity contribution is -0.127. The number of aryl methyl sites for hydroxylation is 1. The van der Waals surface area contributed by atoms with Crippen molar-refractivity contribution in [2.45, 2.75) is 38.5 Å². The Hall–Kier alpha value is -1.55. The van der Waals surface area contributed by atoms with E-state index in [9.17, 15) is 9.59 Å². The molecule has 0 aliphatic carbocycles. The molecule has 0 atom stereocenters. The number of amides is 2. The van der Waals surface area contributed by atoms with Crippen LogP contribution in [0.4, 0.5) is 0 Å². The van der Waals surface area contributed by atoms with E-state index in [1.807, 2.05) is 29.2 Å². The van der Waals surface area contributed by atoms with Crippen LogP contribution >= 0.6 is 11.6 Å². The van der Waals surface area contributed by atoms with Gasteiger partial charge in [0.2, 0.25) is 11.8 Å². The number of likely N-dealkylation sites (tertiary alicyclic amines) is 1. The molecule has 0 spiro atoms. The van der Waals surface area contributed by atoms with Gasteiger partial charge >= 0.3 is 0 Å². The largest absolute Gasteiger partial charge is 0.356 e. The summed E-state index contributed by atoms with van der Waals surface area (Å²) in [5, 5.41) is 3.65. The smallest absolute Gasteiger partial charge is 0.222 e. The number of carbonyl (C=O) groups is 2. The highest BCUT2D eigenvalue weighted by Gasteiger charge is 2.18. The molecule has 2 rings (SSSR count). The number of halogens is 1. The third-order valence-electron chi connectivity index (χ3n) is 3.88. The summed E-state index contributed by atoms with van der Waals surface area (Å²) in [5.74, 6) is 0.330. The van der Waals surface area contributed by atoms with Crippen molar-refractivity contribution in [2.24, 2.45) is 0 Å². The van der Waals surface area contributed by atoms with Crippen LogP contribution < -0.4 is 5.32 Å². The second-order valence-corrected chi connectivity index (χ2v) is 6.10. The number of hydrogen-bond acceptors (Lipinski definition) is 2. The van der Waals surface area contributed by atoms with Gasteiger partial charge in [-0.05, 0) is 43.4 Å². The van der Waals surface area contributed by atoms with Crippen molar-refractivity contribution in [1.29, 1.82) is 0 Å². The Kier molecular flexibility index (Phi) is 6.72. The number of rotatable bonds is 8. The summed E-state index contributed by atoms with van der Waals surface area (Å²) < 4.78 is 0. The first-order chi connectivity index (χ1) is 10.6. The second kappa shape index (κ2) is 8.79. The maximum atomic E-state index is 11.7. The van der Waals surface area contributed by atoms with Crippen molar-refractivity contribution in [2.75, 3.05) is 19.6 Å². The molecule has 1 fully saturated rings. The van der Waals surface area contributed by atoms with Gasteiger partial charge in [0.15, 0.2) is 0 Å². The number of benzene rings is 1. The predicted molar refractivity (Wildman–Crippen MR) is 87.8 cm³/mol. The highest BCUT2D eigenvalue weighted by atomic mass is 35.5. The fourth-order valence-electron chi connectivity index (χ4n) is 2.63. The number of carbonyl (C=O) groups excluding carboxylic acids is 2. The lowest BCUT2D eigenvalue weighted by Crippen LogP contribution is -2.30. The van der Waals surface area contributed by atoms with Crippen molar-refractivity contribution in [3.8, 4) is 0 Å². The van der Waals surface area contributed by atoms with E-state index in [0.29, 0.717) is 19.4 Å². The molecule has 1 N–H and O–H groups in total. The maximum Gasteiger partial charge on any atom is 0.222 e. The van der Waals surface area contributed by atoms with Crippen LogP contribution in [0.2, 0.25) is 5.02 Å². The molecule has 1 aliphatic rings. The Morgan fingerprint density at radius 2 is 2.00 bits per heavy atom. The maximum absolute atomic E-state index is 11.7.